The third-order valence-electron chi connectivity index (χ3n) is 5.77. The number of hydrogen-bond donors (Lipinski definition) is 2. The van der Waals surface area contributed by atoms with E-state index in [4.69, 9.17) is 14.5 Å². The summed E-state index contributed by atoms with van der Waals surface area (Å²) in [5.74, 6) is 2.16. The molecular formula is C23H25N3O3. The second kappa shape index (κ2) is 7.43. The van der Waals surface area contributed by atoms with Crippen molar-refractivity contribution in [2.24, 2.45) is 5.92 Å². The van der Waals surface area contributed by atoms with E-state index < -0.39 is 0 Å². The van der Waals surface area contributed by atoms with Crippen molar-refractivity contribution in [1.82, 2.24) is 9.97 Å². The van der Waals surface area contributed by atoms with Gasteiger partial charge in [0.15, 0.2) is 11.5 Å². The molecule has 150 valence electrons. The Morgan fingerprint density at radius 1 is 1.17 bits per heavy atom. The first kappa shape index (κ1) is 18.0. The van der Waals surface area contributed by atoms with E-state index in [0.29, 0.717) is 18.1 Å². The van der Waals surface area contributed by atoms with Gasteiger partial charge < -0.3 is 19.9 Å². The first-order chi connectivity index (χ1) is 14.2. The number of benzene rings is 1. The summed E-state index contributed by atoms with van der Waals surface area (Å²) in [4.78, 5) is 8.84. The van der Waals surface area contributed by atoms with Gasteiger partial charge in [0, 0.05) is 47.2 Å². The molecule has 1 saturated carbocycles. The maximum Gasteiger partial charge on any atom is 0.210 e. The average molecular weight is 391 g/mol. The van der Waals surface area contributed by atoms with E-state index in [0.717, 1.165) is 48.2 Å². The van der Waals surface area contributed by atoms with Crippen molar-refractivity contribution in [2.45, 2.75) is 38.7 Å². The molecule has 0 spiro atoms. The summed E-state index contributed by atoms with van der Waals surface area (Å²) in [7, 11) is 1.66. The van der Waals surface area contributed by atoms with Gasteiger partial charge in [0.2, 0.25) is 5.88 Å². The summed E-state index contributed by atoms with van der Waals surface area (Å²) >= 11 is 0. The topological polar surface area (TPSA) is 76.5 Å². The minimum atomic E-state index is 0.00122. The van der Waals surface area contributed by atoms with Crippen LogP contribution in [0.25, 0.3) is 10.9 Å². The predicted octanol–water partition coefficient (Wildman–Crippen LogP) is 4.23. The highest BCUT2D eigenvalue weighted by Crippen LogP contribution is 2.40. The monoisotopic (exact) mass is 391 g/mol. The lowest BCUT2D eigenvalue weighted by atomic mass is 10.1. The third kappa shape index (κ3) is 3.67. The largest absolute Gasteiger partial charge is 0.493 e. The summed E-state index contributed by atoms with van der Waals surface area (Å²) < 4.78 is 11.7. The molecule has 0 aliphatic heterocycles. The standard InChI is InChI=1S/C23H25N3O3/c1-28-20-9-17-19(10-21(20)29-13-15-7-8-22(27)24-12-15)26-18-4-2-3-16(18)23(17)25-11-14-5-6-14/h7-10,12,14H,2-6,11,13H2,1H3,(H,24,27)(H,25,26). The summed E-state index contributed by atoms with van der Waals surface area (Å²) in [6.45, 7) is 1.37. The summed E-state index contributed by atoms with van der Waals surface area (Å²) in [6.07, 6.45) is 7.53. The Bertz CT molecular complexity index is 1050. The van der Waals surface area contributed by atoms with E-state index in [2.05, 4.69) is 10.3 Å². The molecule has 6 nitrogen and oxygen atoms in total. The quantitative estimate of drug-likeness (QED) is 0.628. The Kier molecular flexibility index (Phi) is 4.62. The van der Waals surface area contributed by atoms with Gasteiger partial charge in [-0.2, -0.15) is 0 Å². The maximum atomic E-state index is 9.34. The Hall–Kier alpha value is -3.02. The van der Waals surface area contributed by atoms with Gasteiger partial charge in [0.25, 0.3) is 0 Å². The molecule has 0 bridgehead atoms. The van der Waals surface area contributed by atoms with Crippen LogP contribution in [0, 0.1) is 5.92 Å². The second-order valence-corrected chi connectivity index (χ2v) is 7.92. The summed E-state index contributed by atoms with van der Waals surface area (Å²) in [5.41, 5.74) is 5.60. The number of hydrogen-bond acceptors (Lipinski definition) is 6. The van der Waals surface area contributed by atoms with E-state index in [1.807, 2.05) is 12.1 Å². The third-order valence-corrected chi connectivity index (χ3v) is 5.77. The summed E-state index contributed by atoms with van der Waals surface area (Å²) in [5, 5.41) is 14.2. The van der Waals surface area contributed by atoms with Gasteiger partial charge in [-0.25, -0.2) is 4.98 Å². The number of anilines is 1. The number of pyridine rings is 2. The lowest BCUT2D eigenvalue weighted by molar-refractivity contribution is 0.284. The van der Waals surface area contributed by atoms with E-state index in [1.54, 1.807) is 25.4 Å². The fourth-order valence-corrected chi connectivity index (χ4v) is 3.98. The Labute approximate surface area is 169 Å². The van der Waals surface area contributed by atoms with Crippen molar-refractivity contribution in [1.29, 1.82) is 0 Å². The van der Waals surface area contributed by atoms with Gasteiger partial charge in [-0.1, -0.05) is 0 Å². The van der Waals surface area contributed by atoms with Crippen LogP contribution < -0.4 is 14.8 Å². The number of nitrogens with one attached hydrogen (secondary N) is 1. The van der Waals surface area contributed by atoms with Gasteiger partial charge in [-0.05, 0) is 55.7 Å². The van der Waals surface area contributed by atoms with Crippen molar-refractivity contribution < 1.29 is 14.6 Å². The molecule has 2 heterocycles. The molecule has 2 aromatic heterocycles. The number of rotatable bonds is 7. The molecule has 2 aliphatic rings. The summed E-state index contributed by atoms with van der Waals surface area (Å²) in [6, 6.07) is 7.36. The Balaban J connectivity index is 1.50. The first-order valence-corrected chi connectivity index (χ1v) is 10.3. The fourth-order valence-electron chi connectivity index (χ4n) is 3.98. The Morgan fingerprint density at radius 2 is 2.07 bits per heavy atom. The molecule has 1 aromatic carbocycles. The molecule has 0 atom stereocenters. The average Bonchev–Trinajstić information content (AvgIpc) is 3.45. The van der Waals surface area contributed by atoms with Crippen LogP contribution in [0.15, 0.2) is 30.5 Å². The molecule has 0 saturated heterocycles. The predicted molar refractivity (Wildman–Crippen MR) is 112 cm³/mol. The molecule has 0 amide bonds. The zero-order valence-corrected chi connectivity index (χ0v) is 16.6. The van der Waals surface area contributed by atoms with Gasteiger partial charge in [0.1, 0.15) is 6.61 Å². The molecule has 29 heavy (non-hydrogen) atoms. The molecular weight excluding hydrogens is 366 g/mol. The Morgan fingerprint density at radius 3 is 2.83 bits per heavy atom. The van der Waals surface area contributed by atoms with Crippen LogP contribution in [-0.2, 0) is 19.4 Å². The minimum absolute atomic E-state index is 0.00122. The number of ether oxygens (including phenoxy) is 2. The zero-order valence-electron chi connectivity index (χ0n) is 16.6. The van der Waals surface area contributed by atoms with Crippen LogP contribution in [0.2, 0.25) is 0 Å². The SMILES string of the molecule is COc1cc2c(NCC3CC3)c3c(nc2cc1OCc1ccc(O)nc1)CCC3. The normalized spacial score (nSPS) is 15.3. The van der Waals surface area contributed by atoms with E-state index in [1.165, 1.54) is 29.8 Å². The molecule has 5 rings (SSSR count). The second-order valence-electron chi connectivity index (χ2n) is 7.92. The van der Waals surface area contributed by atoms with Crippen molar-refractivity contribution in [3.8, 4) is 17.4 Å². The number of nitrogens with zero attached hydrogens (tertiary/aromatic N) is 2. The lowest BCUT2D eigenvalue weighted by Crippen LogP contribution is -2.08. The van der Waals surface area contributed by atoms with E-state index >= 15 is 0 Å². The van der Waals surface area contributed by atoms with Crippen LogP contribution in [-0.4, -0.2) is 28.7 Å². The van der Waals surface area contributed by atoms with Crippen molar-refractivity contribution >= 4 is 16.6 Å². The maximum absolute atomic E-state index is 9.34. The minimum Gasteiger partial charge on any atom is -0.493 e. The molecule has 6 heteroatoms. The van der Waals surface area contributed by atoms with Crippen molar-refractivity contribution in [2.75, 3.05) is 19.0 Å². The van der Waals surface area contributed by atoms with Crippen LogP contribution in [0.1, 0.15) is 36.1 Å². The van der Waals surface area contributed by atoms with E-state index in [-0.39, 0.29) is 5.88 Å². The van der Waals surface area contributed by atoms with Crippen LogP contribution >= 0.6 is 0 Å². The molecule has 0 unspecified atom stereocenters. The first-order valence-electron chi connectivity index (χ1n) is 10.3. The number of fused-ring (bicyclic) bond motifs is 2. The molecule has 3 aromatic rings. The number of methoxy groups -OCH3 is 1. The van der Waals surface area contributed by atoms with Crippen molar-refractivity contribution in [3.63, 3.8) is 0 Å². The number of aromatic hydroxyl groups is 1. The smallest absolute Gasteiger partial charge is 0.210 e. The van der Waals surface area contributed by atoms with Crippen LogP contribution in [0.3, 0.4) is 0 Å². The fraction of sp³-hybridized carbons (Fsp3) is 0.391. The molecule has 0 radical (unpaired) electrons. The molecule has 1 fully saturated rings. The van der Waals surface area contributed by atoms with E-state index in [9.17, 15) is 5.11 Å². The number of aryl methyl sites for hydroxylation is 1. The van der Waals surface area contributed by atoms with Crippen LogP contribution in [0.5, 0.6) is 17.4 Å². The van der Waals surface area contributed by atoms with Gasteiger partial charge in [-0.3, -0.25) is 4.98 Å². The van der Waals surface area contributed by atoms with Crippen LogP contribution in [0.4, 0.5) is 5.69 Å². The highest BCUT2D eigenvalue weighted by Gasteiger charge is 2.25. The van der Waals surface area contributed by atoms with Gasteiger partial charge >= 0.3 is 0 Å². The van der Waals surface area contributed by atoms with Gasteiger partial charge in [-0.15, -0.1) is 0 Å². The zero-order chi connectivity index (χ0) is 19.8. The highest BCUT2D eigenvalue weighted by atomic mass is 16.5. The molecule has 2 N–H and O–H groups in total. The van der Waals surface area contributed by atoms with Gasteiger partial charge in [0.05, 0.1) is 12.6 Å². The van der Waals surface area contributed by atoms with Crippen molar-refractivity contribution in [3.05, 3.63) is 47.3 Å². The number of aromatic nitrogens is 2. The lowest BCUT2D eigenvalue weighted by Gasteiger charge is -2.17. The molecule has 2 aliphatic carbocycles. The highest BCUT2D eigenvalue weighted by molar-refractivity contribution is 5.96.